The number of thioether (sulfide) groups is 1. The van der Waals surface area contributed by atoms with Crippen LogP contribution in [0.4, 0.5) is 4.39 Å². The van der Waals surface area contributed by atoms with Gasteiger partial charge in [0.1, 0.15) is 5.60 Å². The summed E-state index contributed by atoms with van der Waals surface area (Å²) < 4.78 is 19.0. The van der Waals surface area contributed by atoms with Crippen LogP contribution in [0.25, 0.3) is 0 Å². The molecular formula is C17H17Cl2FN2OS2. The van der Waals surface area contributed by atoms with Gasteiger partial charge in [0.15, 0.2) is 0 Å². The first-order valence-electron chi connectivity index (χ1n) is 7.94. The average molecular weight is 419 g/mol. The van der Waals surface area contributed by atoms with Gasteiger partial charge < -0.3 is 4.74 Å². The summed E-state index contributed by atoms with van der Waals surface area (Å²) in [6.45, 7) is 6.06. The highest BCUT2D eigenvalue weighted by atomic mass is 35.5. The molecule has 134 valence electrons. The number of benzene rings is 1. The van der Waals surface area contributed by atoms with E-state index in [0.717, 1.165) is 17.0 Å². The van der Waals surface area contributed by atoms with Crippen molar-refractivity contribution in [2.45, 2.75) is 41.1 Å². The van der Waals surface area contributed by atoms with Gasteiger partial charge in [-0.05, 0) is 32.4 Å². The molecule has 1 aromatic heterocycles. The summed E-state index contributed by atoms with van der Waals surface area (Å²) >= 11 is 13.6. The fourth-order valence-corrected chi connectivity index (χ4v) is 6.21. The van der Waals surface area contributed by atoms with Crippen molar-refractivity contribution < 1.29 is 9.13 Å². The SMILES string of the molecule is Cc1nn(SC(F)(Cl)Cl)c2c1C1c3ccccc3SCC1C(C)(C)O2. The van der Waals surface area contributed by atoms with Crippen LogP contribution in [0.1, 0.15) is 36.6 Å². The van der Waals surface area contributed by atoms with Crippen molar-refractivity contribution in [3.05, 3.63) is 41.1 Å². The number of fused-ring (bicyclic) bond motifs is 5. The number of aryl methyl sites for hydroxylation is 1. The Morgan fingerprint density at radius 1 is 1.40 bits per heavy atom. The zero-order valence-electron chi connectivity index (χ0n) is 13.9. The first kappa shape index (κ1) is 17.8. The Morgan fingerprint density at radius 2 is 2.12 bits per heavy atom. The van der Waals surface area contributed by atoms with Crippen molar-refractivity contribution in [2.75, 3.05) is 5.75 Å². The quantitative estimate of drug-likeness (QED) is 0.578. The van der Waals surface area contributed by atoms with Crippen molar-refractivity contribution in [3.63, 3.8) is 0 Å². The highest BCUT2D eigenvalue weighted by Crippen LogP contribution is 2.56. The van der Waals surface area contributed by atoms with Gasteiger partial charge in [-0.3, -0.25) is 0 Å². The molecule has 0 saturated heterocycles. The summed E-state index contributed by atoms with van der Waals surface area (Å²) in [4.78, 5) is 1.28. The van der Waals surface area contributed by atoms with Gasteiger partial charge in [0.25, 0.3) is 0 Å². The molecule has 8 heteroatoms. The highest BCUT2D eigenvalue weighted by Gasteiger charge is 2.50. The van der Waals surface area contributed by atoms with Crippen LogP contribution < -0.4 is 4.74 Å². The van der Waals surface area contributed by atoms with Crippen LogP contribution in [0, 0.1) is 12.8 Å². The van der Waals surface area contributed by atoms with E-state index in [0.29, 0.717) is 23.7 Å². The lowest BCUT2D eigenvalue weighted by molar-refractivity contribution is 0.0214. The van der Waals surface area contributed by atoms with Gasteiger partial charge in [-0.2, -0.15) is 13.6 Å². The Balaban J connectivity index is 1.91. The third kappa shape index (κ3) is 3.05. The standard InChI is InChI=1S/C17H17Cl2FN2OS2/c1-9-13-14-10-6-4-5-7-12(10)24-8-11(14)16(2,3)23-15(13)22(21-9)25-17(18,19)20/h4-7,11,14H,8H2,1-3H3. The largest absolute Gasteiger partial charge is 0.471 e. The molecule has 4 rings (SSSR count). The van der Waals surface area contributed by atoms with Crippen molar-refractivity contribution in [3.8, 4) is 5.88 Å². The Bertz CT molecular complexity index is 835. The highest BCUT2D eigenvalue weighted by molar-refractivity contribution is 8.01. The molecule has 2 aliphatic heterocycles. The Morgan fingerprint density at radius 3 is 2.84 bits per heavy atom. The molecule has 0 radical (unpaired) electrons. The average Bonchev–Trinajstić information content (AvgIpc) is 2.79. The molecule has 0 fully saturated rings. The zero-order valence-corrected chi connectivity index (χ0v) is 17.1. The van der Waals surface area contributed by atoms with Crippen LogP contribution in [0.3, 0.4) is 0 Å². The van der Waals surface area contributed by atoms with Gasteiger partial charge in [0.05, 0.1) is 17.6 Å². The number of rotatable bonds is 2. The maximum Gasteiger partial charge on any atom is 0.325 e. The van der Waals surface area contributed by atoms with E-state index in [1.807, 2.05) is 18.7 Å². The van der Waals surface area contributed by atoms with Gasteiger partial charge in [0, 0.05) is 28.0 Å². The molecule has 25 heavy (non-hydrogen) atoms. The predicted molar refractivity (Wildman–Crippen MR) is 103 cm³/mol. The minimum Gasteiger partial charge on any atom is -0.471 e. The molecule has 0 amide bonds. The summed E-state index contributed by atoms with van der Waals surface area (Å²) in [6.07, 6.45) is 0. The fraction of sp³-hybridized carbons (Fsp3) is 0.471. The van der Waals surface area contributed by atoms with Gasteiger partial charge in [-0.1, -0.05) is 41.4 Å². The normalized spacial score (nSPS) is 24.1. The number of alkyl halides is 3. The second kappa shape index (κ2) is 5.98. The number of hydrogen-bond donors (Lipinski definition) is 0. The summed E-state index contributed by atoms with van der Waals surface area (Å²) in [5.74, 6) is 1.96. The number of halogens is 3. The second-order valence-electron chi connectivity index (χ2n) is 6.85. The van der Waals surface area contributed by atoms with Crippen molar-refractivity contribution >= 4 is 46.9 Å². The summed E-state index contributed by atoms with van der Waals surface area (Å²) in [7, 11) is 0. The van der Waals surface area contributed by atoms with E-state index < -0.39 is 9.52 Å². The van der Waals surface area contributed by atoms with Crippen LogP contribution in [-0.4, -0.2) is 24.5 Å². The van der Waals surface area contributed by atoms with E-state index in [-0.39, 0.29) is 5.92 Å². The van der Waals surface area contributed by atoms with E-state index in [1.165, 1.54) is 14.5 Å². The number of nitrogens with zero attached hydrogens (tertiary/aromatic N) is 2. The minimum atomic E-state index is -2.48. The van der Waals surface area contributed by atoms with E-state index in [4.69, 9.17) is 27.9 Å². The van der Waals surface area contributed by atoms with Crippen molar-refractivity contribution in [1.82, 2.24) is 9.19 Å². The van der Waals surface area contributed by atoms with Gasteiger partial charge in [0.2, 0.25) is 5.88 Å². The third-order valence-corrected chi connectivity index (χ3v) is 7.11. The van der Waals surface area contributed by atoms with Crippen LogP contribution >= 0.6 is 46.9 Å². The molecule has 2 aliphatic rings. The molecule has 0 spiro atoms. The van der Waals surface area contributed by atoms with Gasteiger partial charge in [-0.25, -0.2) is 0 Å². The molecule has 1 aromatic carbocycles. The monoisotopic (exact) mass is 418 g/mol. The molecule has 2 unspecified atom stereocenters. The topological polar surface area (TPSA) is 27.1 Å². The fourth-order valence-electron chi connectivity index (χ4n) is 3.75. The van der Waals surface area contributed by atoms with Crippen LogP contribution in [0.15, 0.2) is 29.2 Å². The van der Waals surface area contributed by atoms with E-state index >= 15 is 0 Å². The summed E-state index contributed by atoms with van der Waals surface area (Å²) in [6, 6.07) is 8.43. The maximum absolute atomic E-state index is 13.8. The molecule has 2 aromatic rings. The van der Waals surface area contributed by atoms with E-state index in [2.05, 4.69) is 43.2 Å². The predicted octanol–water partition coefficient (Wildman–Crippen LogP) is 5.77. The van der Waals surface area contributed by atoms with Crippen LogP contribution in [0.5, 0.6) is 5.88 Å². The lowest BCUT2D eigenvalue weighted by Crippen LogP contribution is -2.47. The van der Waals surface area contributed by atoms with Crippen LogP contribution in [0.2, 0.25) is 0 Å². The molecule has 2 atom stereocenters. The molecule has 3 heterocycles. The molecule has 0 aliphatic carbocycles. The Labute approximate surface area is 164 Å². The number of aromatic nitrogens is 2. The van der Waals surface area contributed by atoms with Crippen LogP contribution in [-0.2, 0) is 0 Å². The third-order valence-electron chi connectivity index (χ3n) is 4.86. The molecular weight excluding hydrogens is 402 g/mol. The van der Waals surface area contributed by atoms with E-state index in [9.17, 15) is 4.39 Å². The lowest BCUT2D eigenvalue weighted by atomic mass is 9.72. The molecule has 0 N–H and O–H groups in total. The summed E-state index contributed by atoms with van der Waals surface area (Å²) in [5.41, 5.74) is 2.67. The van der Waals surface area contributed by atoms with Gasteiger partial charge >= 0.3 is 3.92 Å². The zero-order chi connectivity index (χ0) is 18.0. The minimum absolute atomic E-state index is 0.158. The smallest absolute Gasteiger partial charge is 0.325 e. The Kier molecular flexibility index (Phi) is 4.26. The second-order valence-corrected chi connectivity index (χ2v) is 10.7. The van der Waals surface area contributed by atoms with Gasteiger partial charge in [-0.15, -0.1) is 11.8 Å². The lowest BCUT2D eigenvalue weighted by Gasteiger charge is -2.46. The molecule has 0 saturated carbocycles. The first-order valence-corrected chi connectivity index (χ1v) is 10.5. The number of hydrogen-bond acceptors (Lipinski definition) is 4. The number of ether oxygens (including phenoxy) is 1. The van der Waals surface area contributed by atoms with E-state index in [1.54, 1.807) is 0 Å². The van der Waals surface area contributed by atoms with Crippen molar-refractivity contribution in [1.29, 1.82) is 0 Å². The maximum atomic E-state index is 13.8. The first-order chi connectivity index (χ1) is 11.7. The Hall–Kier alpha value is -0.560. The molecule has 0 bridgehead atoms. The van der Waals surface area contributed by atoms with Crippen molar-refractivity contribution in [2.24, 2.45) is 5.92 Å². The summed E-state index contributed by atoms with van der Waals surface area (Å²) in [5, 5.41) is 4.45. The molecule has 3 nitrogen and oxygen atoms in total.